The fraction of sp³-hybridized carbons (Fsp3) is 0.250. The fourth-order valence-electron chi connectivity index (χ4n) is 3.66. The Balaban J connectivity index is 1.48. The van der Waals surface area contributed by atoms with Crippen molar-refractivity contribution in [2.75, 3.05) is 16.9 Å². The number of anilines is 3. The van der Waals surface area contributed by atoms with Crippen molar-refractivity contribution in [2.24, 2.45) is 0 Å². The summed E-state index contributed by atoms with van der Waals surface area (Å²) in [5.74, 6) is 1.22. The van der Waals surface area contributed by atoms with Crippen LogP contribution in [0.3, 0.4) is 0 Å². The summed E-state index contributed by atoms with van der Waals surface area (Å²) >= 11 is 0. The number of hydrogen-bond donors (Lipinski definition) is 2. The van der Waals surface area contributed by atoms with Crippen LogP contribution < -0.4 is 10.6 Å². The molecule has 0 radical (unpaired) electrons. The molecule has 6 nitrogen and oxygen atoms in total. The molecule has 2 aromatic carbocycles. The van der Waals surface area contributed by atoms with E-state index in [2.05, 4.69) is 39.3 Å². The second-order valence-electron chi connectivity index (χ2n) is 8.03. The minimum absolute atomic E-state index is 0.310. The van der Waals surface area contributed by atoms with Crippen molar-refractivity contribution in [3.05, 3.63) is 83.1 Å². The third-order valence-electron chi connectivity index (χ3n) is 5.41. The molecule has 160 valence electrons. The molecule has 0 saturated carbocycles. The lowest BCUT2D eigenvalue weighted by molar-refractivity contribution is 0.601. The van der Waals surface area contributed by atoms with Gasteiger partial charge in [0.15, 0.2) is 9.84 Å². The van der Waals surface area contributed by atoms with Gasteiger partial charge in [0.25, 0.3) is 0 Å². The Morgan fingerprint density at radius 3 is 2.74 bits per heavy atom. The van der Waals surface area contributed by atoms with Crippen molar-refractivity contribution in [3.63, 3.8) is 0 Å². The molecule has 3 aromatic rings. The van der Waals surface area contributed by atoms with Gasteiger partial charge < -0.3 is 10.6 Å². The maximum absolute atomic E-state index is 11.8. The zero-order chi connectivity index (χ0) is 22.0. The van der Waals surface area contributed by atoms with E-state index in [0.29, 0.717) is 23.2 Å². The van der Waals surface area contributed by atoms with Gasteiger partial charge in [-0.25, -0.2) is 13.4 Å². The van der Waals surface area contributed by atoms with E-state index in [0.717, 1.165) is 36.1 Å². The summed E-state index contributed by atoms with van der Waals surface area (Å²) in [6.45, 7) is 6.50. The Kier molecular flexibility index (Phi) is 5.78. The minimum Gasteiger partial charge on any atom is -0.366 e. The van der Waals surface area contributed by atoms with E-state index >= 15 is 0 Å². The molecule has 31 heavy (non-hydrogen) atoms. The molecular weight excluding hydrogens is 408 g/mol. The fourth-order valence-corrected chi connectivity index (χ4v) is 4.35. The molecule has 0 amide bonds. The maximum Gasteiger partial charge on any atom is 0.229 e. The Hall–Kier alpha value is -3.19. The van der Waals surface area contributed by atoms with Gasteiger partial charge in [-0.1, -0.05) is 30.4 Å². The number of aromatic nitrogens is 2. The Morgan fingerprint density at radius 2 is 1.94 bits per heavy atom. The highest BCUT2D eigenvalue weighted by Crippen LogP contribution is 2.27. The molecule has 0 unspecified atom stereocenters. The summed E-state index contributed by atoms with van der Waals surface area (Å²) in [6, 6.07) is 13.3. The van der Waals surface area contributed by atoms with Crippen LogP contribution >= 0.6 is 0 Å². The molecule has 2 N–H and O–H groups in total. The Morgan fingerprint density at radius 1 is 1.10 bits per heavy atom. The lowest BCUT2D eigenvalue weighted by Gasteiger charge is -2.19. The molecule has 1 heterocycles. The summed E-state index contributed by atoms with van der Waals surface area (Å²) in [6.07, 6.45) is 5.98. The van der Waals surface area contributed by atoms with E-state index in [9.17, 15) is 8.42 Å². The maximum atomic E-state index is 11.8. The van der Waals surface area contributed by atoms with Gasteiger partial charge in [0, 0.05) is 30.2 Å². The van der Waals surface area contributed by atoms with Gasteiger partial charge in [0.2, 0.25) is 5.95 Å². The van der Waals surface area contributed by atoms with Crippen LogP contribution in [0.25, 0.3) is 0 Å². The second kappa shape index (κ2) is 8.51. The third kappa shape index (κ3) is 5.11. The summed E-state index contributed by atoms with van der Waals surface area (Å²) < 4.78 is 23.6. The summed E-state index contributed by atoms with van der Waals surface area (Å²) in [5, 5.41) is 6.59. The number of nitrogens with one attached hydrogen (secondary N) is 2. The van der Waals surface area contributed by atoms with E-state index in [4.69, 9.17) is 0 Å². The summed E-state index contributed by atoms with van der Waals surface area (Å²) in [7, 11) is -3.24. The number of benzene rings is 2. The minimum atomic E-state index is -3.24. The first-order valence-corrected chi connectivity index (χ1v) is 12.1. The summed E-state index contributed by atoms with van der Waals surface area (Å²) in [5.41, 5.74) is 6.70. The van der Waals surface area contributed by atoms with Crippen molar-refractivity contribution >= 4 is 27.3 Å². The highest BCUT2D eigenvalue weighted by Gasteiger charge is 2.13. The molecule has 0 fully saturated rings. The normalized spacial score (nSPS) is 13.5. The zero-order valence-corrected chi connectivity index (χ0v) is 18.6. The van der Waals surface area contributed by atoms with Gasteiger partial charge in [-0.15, -0.1) is 0 Å². The van der Waals surface area contributed by atoms with E-state index in [-0.39, 0.29) is 0 Å². The van der Waals surface area contributed by atoms with Crippen LogP contribution in [-0.2, 0) is 29.2 Å². The van der Waals surface area contributed by atoms with Crippen LogP contribution in [0.2, 0.25) is 0 Å². The zero-order valence-electron chi connectivity index (χ0n) is 17.8. The molecule has 0 bridgehead atoms. The number of sulfone groups is 1. The van der Waals surface area contributed by atoms with Crippen molar-refractivity contribution in [1.29, 1.82) is 0 Å². The number of hydrogen-bond acceptors (Lipinski definition) is 6. The molecule has 0 saturated heterocycles. The third-order valence-corrected chi connectivity index (χ3v) is 6.52. The molecule has 1 aromatic heterocycles. The van der Waals surface area contributed by atoms with Gasteiger partial charge in [-0.05, 0) is 67.1 Å². The number of nitrogens with zero attached hydrogens (tertiary/aromatic N) is 2. The smallest absolute Gasteiger partial charge is 0.229 e. The predicted molar refractivity (Wildman–Crippen MR) is 125 cm³/mol. The first kappa shape index (κ1) is 21.1. The van der Waals surface area contributed by atoms with Crippen LogP contribution in [0.5, 0.6) is 0 Å². The number of fused-ring (bicyclic) bond motifs is 1. The van der Waals surface area contributed by atoms with Crippen molar-refractivity contribution in [1.82, 2.24) is 9.97 Å². The SMILES string of the molecule is C=C1CCc2cc(Nc3ncc(C)c(NCc4cccc(S(C)(=O)=O)c4)n3)ccc2C1. The topological polar surface area (TPSA) is 84.0 Å². The lowest BCUT2D eigenvalue weighted by atomic mass is 9.88. The highest BCUT2D eigenvalue weighted by atomic mass is 32.2. The first-order valence-electron chi connectivity index (χ1n) is 10.2. The van der Waals surface area contributed by atoms with Crippen LogP contribution in [-0.4, -0.2) is 24.6 Å². The van der Waals surface area contributed by atoms with E-state index in [1.165, 1.54) is 23.0 Å². The number of aryl methyl sites for hydroxylation is 2. The van der Waals surface area contributed by atoms with Gasteiger partial charge >= 0.3 is 0 Å². The summed E-state index contributed by atoms with van der Waals surface area (Å²) in [4.78, 5) is 9.33. The average molecular weight is 435 g/mol. The second-order valence-corrected chi connectivity index (χ2v) is 10.0. The highest BCUT2D eigenvalue weighted by molar-refractivity contribution is 7.90. The molecule has 0 aliphatic heterocycles. The van der Waals surface area contributed by atoms with Crippen LogP contribution in [0.15, 0.2) is 65.7 Å². The molecule has 4 rings (SSSR count). The quantitative estimate of drug-likeness (QED) is 0.552. The van der Waals surface area contributed by atoms with Crippen LogP contribution in [0, 0.1) is 6.92 Å². The van der Waals surface area contributed by atoms with Crippen molar-refractivity contribution in [2.45, 2.75) is 37.6 Å². The lowest BCUT2D eigenvalue weighted by Crippen LogP contribution is -2.08. The first-order chi connectivity index (χ1) is 14.8. The van der Waals surface area contributed by atoms with Crippen LogP contribution in [0.1, 0.15) is 28.7 Å². The van der Waals surface area contributed by atoms with Gasteiger partial charge in [-0.3, -0.25) is 0 Å². The van der Waals surface area contributed by atoms with E-state index < -0.39 is 9.84 Å². The van der Waals surface area contributed by atoms with Crippen molar-refractivity contribution in [3.8, 4) is 0 Å². The molecule has 0 spiro atoms. The Bertz CT molecular complexity index is 1250. The molecule has 7 heteroatoms. The molecular formula is C24H26N4O2S. The van der Waals surface area contributed by atoms with Gasteiger partial charge in [0.1, 0.15) is 5.82 Å². The molecule has 0 atom stereocenters. The predicted octanol–water partition coefficient (Wildman–Crippen LogP) is 4.59. The number of rotatable bonds is 6. The van der Waals surface area contributed by atoms with Crippen molar-refractivity contribution < 1.29 is 8.42 Å². The van der Waals surface area contributed by atoms with E-state index in [1.54, 1.807) is 24.4 Å². The van der Waals surface area contributed by atoms with E-state index in [1.807, 2.05) is 19.1 Å². The largest absolute Gasteiger partial charge is 0.366 e. The monoisotopic (exact) mass is 434 g/mol. The van der Waals surface area contributed by atoms with Gasteiger partial charge in [0.05, 0.1) is 4.90 Å². The van der Waals surface area contributed by atoms with Crippen LogP contribution in [0.4, 0.5) is 17.5 Å². The Labute approximate surface area is 183 Å². The average Bonchev–Trinajstić information content (AvgIpc) is 2.74. The van der Waals surface area contributed by atoms with Gasteiger partial charge in [-0.2, -0.15) is 4.98 Å². The standard InChI is InChI=1S/C24H26N4O2S/c1-16-7-8-20-13-21(10-9-19(20)11-16)27-24-26-14-17(2)23(28-24)25-15-18-5-4-6-22(12-18)31(3,29)30/h4-6,9-10,12-14H,1,7-8,11,15H2,2-3H3,(H2,25,26,27,28). The number of allylic oxidation sites excluding steroid dienone is 1. The molecule has 1 aliphatic rings. The molecule has 1 aliphatic carbocycles.